The Hall–Kier alpha value is -1.40. The third-order valence-corrected chi connectivity index (χ3v) is 2.92. The molecule has 2 aliphatic rings. The Morgan fingerprint density at radius 2 is 2.50 bits per heavy atom. The van der Waals surface area contributed by atoms with E-state index in [0.29, 0.717) is 5.56 Å². The third kappa shape index (κ3) is 1.14. The second kappa shape index (κ2) is 3.05. The van der Waals surface area contributed by atoms with Crippen LogP contribution in [0.5, 0.6) is 6.01 Å². The molecule has 3 heterocycles. The lowest BCUT2D eigenvalue weighted by Crippen LogP contribution is -2.31. The molecule has 1 saturated heterocycles. The topological polar surface area (TPSA) is 73.6 Å². The molecule has 0 saturated carbocycles. The molecule has 2 aliphatic heterocycles. The van der Waals surface area contributed by atoms with Gasteiger partial charge in [0.05, 0.1) is 6.10 Å². The predicted octanol–water partition coefficient (Wildman–Crippen LogP) is -0.409. The highest BCUT2D eigenvalue weighted by Crippen LogP contribution is 2.38. The highest BCUT2D eigenvalue weighted by Gasteiger charge is 2.49. The third-order valence-electron chi connectivity index (χ3n) is 2.92. The predicted molar refractivity (Wildman–Crippen MR) is 53.2 cm³/mol. The summed E-state index contributed by atoms with van der Waals surface area (Å²) in [6, 6.07) is 0.165. The van der Waals surface area contributed by atoms with Gasteiger partial charge in [-0.15, -0.1) is 0 Å². The molecule has 1 aromatic rings. The number of rotatable bonds is 0. The van der Waals surface area contributed by atoms with E-state index >= 15 is 0 Å². The van der Waals surface area contributed by atoms with Gasteiger partial charge in [-0.05, 0) is 13.8 Å². The Bertz CT molecular complexity index is 518. The second-order valence-electron chi connectivity index (χ2n) is 4.06. The van der Waals surface area contributed by atoms with Crippen LogP contribution in [0.1, 0.15) is 20.1 Å². The van der Waals surface area contributed by atoms with Crippen LogP contribution in [0.4, 0.5) is 0 Å². The van der Waals surface area contributed by atoms with Crippen molar-refractivity contribution in [1.82, 2.24) is 9.55 Å². The fourth-order valence-electron chi connectivity index (χ4n) is 2.01. The van der Waals surface area contributed by atoms with E-state index in [4.69, 9.17) is 10.8 Å². The van der Waals surface area contributed by atoms with Gasteiger partial charge in [-0.3, -0.25) is 9.36 Å². The molecule has 6 heteroatoms. The maximum Gasteiger partial charge on any atom is 0.302 e. The molecule has 4 atom stereocenters. The van der Waals surface area contributed by atoms with Gasteiger partial charge in [0.25, 0.3) is 5.56 Å². The van der Waals surface area contributed by atoms with Crippen molar-refractivity contribution in [2.45, 2.75) is 38.4 Å². The van der Waals surface area contributed by atoms with Crippen molar-refractivity contribution in [3.63, 3.8) is 0 Å². The summed E-state index contributed by atoms with van der Waals surface area (Å²) in [6.45, 7) is 1.63. The summed E-state index contributed by atoms with van der Waals surface area (Å²) in [6.07, 6.45) is -0.900. The summed E-state index contributed by atoms with van der Waals surface area (Å²) in [7, 11) is 0. The summed E-state index contributed by atoms with van der Waals surface area (Å²) in [5.41, 5.74) is 0.146. The van der Waals surface area contributed by atoms with Crippen molar-refractivity contribution in [3.8, 4) is 6.01 Å². The number of hydrogen-bond donors (Lipinski definition) is 1. The van der Waals surface area contributed by atoms with Gasteiger partial charge in [0.1, 0.15) is 6.10 Å². The minimum absolute atomic E-state index is 0.0283. The van der Waals surface area contributed by atoms with Gasteiger partial charge in [0, 0.05) is 13.1 Å². The van der Waals surface area contributed by atoms with Crippen LogP contribution in [0, 0.1) is 6.92 Å². The van der Waals surface area contributed by atoms with Crippen LogP contribution in [-0.2, 0) is 4.74 Å². The van der Waals surface area contributed by atoms with Crippen molar-refractivity contribution in [2.75, 3.05) is 0 Å². The van der Waals surface area contributed by atoms with Crippen LogP contribution in [-0.4, -0.2) is 33.0 Å². The number of ether oxygens (including phenoxy) is 2. The van der Waals surface area contributed by atoms with Gasteiger partial charge in [-0.1, -0.05) is 0 Å². The zero-order chi connectivity index (χ0) is 12.2. The molecule has 6 nitrogen and oxygen atoms in total. The number of aryl methyl sites for hydroxylation is 1. The monoisotopic (exact) mass is 225 g/mol. The number of aliphatic hydroxyl groups excluding tert-OH is 1. The number of hydrogen-bond acceptors (Lipinski definition) is 5. The number of fused-ring (bicyclic) bond motifs is 3. The highest BCUT2D eigenvalue weighted by atomic mass is 16.6. The lowest BCUT2D eigenvalue weighted by atomic mass is 10.1. The van der Waals surface area contributed by atoms with E-state index in [1.54, 1.807) is 17.7 Å². The molecule has 0 radical (unpaired) electrons. The first kappa shape index (κ1) is 8.72. The maximum absolute atomic E-state index is 11.4. The Balaban J connectivity index is 2.02. The van der Waals surface area contributed by atoms with Crippen molar-refractivity contribution in [1.29, 1.82) is 0 Å². The van der Waals surface area contributed by atoms with Crippen molar-refractivity contribution >= 4 is 0 Å². The summed E-state index contributed by atoms with van der Waals surface area (Å²) >= 11 is 0. The molecule has 1 N–H and O–H groups in total. The minimum Gasteiger partial charge on any atom is -0.453 e. The molecule has 0 aromatic carbocycles. The molecule has 0 spiro atoms. The van der Waals surface area contributed by atoms with Crippen LogP contribution in [0.25, 0.3) is 0 Å². The molecular weight excluding hydrogens is 212 g/mol. The van der Waals surface area contributed by atoms with Crippen LogP contribution in [0.15, 0.2) is 11.0 Å². The summed E-state index contributed by atoms with van der Waals surface area (Å²) in [5, 5.41) is 9.88. The molecule has 1 aromatic heterocycles. The van der Waals surface area contributed by atoms with Crippen LogP contribution < -0.4 is 10.3 Å². The van der Waals surface area contributed by atoms with E-state index in [2.05, 4.69) is 4.98 Å². The normalized spacial score (nSPS) is 36.5. The zero-order valence-electron chi connectivity index (χ0n) is 9.66. The van der Waals surface area contributed by atoms with Crippen molar-refractivity contribution in [2.24, 2.45) is 0 Å². The van der Waals surface area contributed by atoms with E-state index in [0.717, 1.165) is 0 Å². The summed E-state index contributed by atoms with van der Waals surface area (Å²) in [5.74, 6) is 0. The standard InChI is InChI=1S/C10H12N2O4/c1-4-3-12-9-7(6(13)5(2)15-9)16-10(12)11-8(4)14/h3,5-7,9,13H,1-2H3/t5-,6?,7-,9-/m1/s1/i2D. The number of aromatic nitrogens is 2. The quantitative estimate of drug-likeness (QED) is 0.649. The Morgan fingerprint density at radius 1 is 1.69 bits per heavy atom. The molecule has 1 fully saturated rings. The Morgan fingerprint density at radius 3 is 3.25 bits per heavy atom. The lowest BCUT2D eigenvalue weighted by Gasteiger charge is -2.12. The Kier molecular flexibility index (Phi) is 1.66. The van der Waals surface area contributed by atoms with Crippen molar-refractivity contribution < 1.29 is 16.0 Å². The van der Waals surface area contributed by atoms with Crippen LogP contribution in [0.3, 0.4) is 0 Å². The average molecular weight is 225 g/mol. The SMILES string of the molecule is [2H]C[C@H]1O[C@@H]2[C@H](Oc3nc(=O)c(C)cn32)C1O. The van der Waals surface area contributed by atoms with Gasteiger partial charge >= 0.3 is 6.01 Å². The zero-order valence-corrected chi connectivity index (χ0v) is 8.66. The summed E-state index contributed by atoms with van der Waals surface area (Å²) < 4.78 is 19.8. The first-order valence-electron chi connectivity index (χ1n) is 5.71. The molecule has 0 amide bonds. The minimum atomic E-state index is -0.866. The fourth-order valence-corrected chi connectivity index (χ4v) is 2.01. The van der Waals surface area contributed by atoms with E-state index in [9.17, 15) is 9.90 Å². The van der Waals surface area contributed by atoms with E-state index < -0.39 is 24.5 Å². The number of nitrogens with zero attached hydrogens (tertiary/aromatic N) is 2. The van der Waals surface area contributed by atoms with Gasteiger partial charge in [0.2, 0.25) is 0 Å². The van der Waals surface area contributed by atoms with E-state index in [-0.39, 0.29) is 18.5 Å². The van der Waals surface area contributed by atoms with Gasteiger partial charge in [-0.2, -0.15) is 4.98 Å². The fraction of sp³-hybridized carbons (Fsp3) is 0.600. The number of aliphatic hydroxyl groups is 1. The van der Waals surface area contributed by atoms with Gasteiger partial charge < -0.3 is 14.6 Å². The molecule has 86 valence electrons. The Labute approximate surface area is 92.8 Å². The first-order chi connectivity index (χ1) is 8.11. The summed E-state index contributed by atoms with van der Waals surface area (Å²) in [4.78, 5) is 15.1. The van der Waals surface area contributed by atoms with Crippen molar-refractivity contribution in [3.05, 3.63) is 22.1 Å². The van der Waals surface area contributed by atoms with Crippen LogP contribution >= 0.6 is 0 Å². The van der Waals surface area contributed by atoms with Crippen LogP contribution in [0.2, 0.25) is 0 Å². The van der Waals surface area contributed by atoms with Gasteiger partial charge in [0.15, 0.2) is 12.3 Å². The van der Waals surface area contributed by atoms with E-state index in [1.807, 2.05) is 0 Å². The van der Waals surface area contributed by atoms with E-state index in [1.165, 1.54) is 0 Å². The molecule has 0 bridgehead atoms. The second-order valence-corrected chi connectivity index (χ2v) is 4.06. The molecular formula is C10H12N2O4. The highest BCUT2D eigenvalue weighted by molar-refractivity contribution is 5.15. The lowest BCUT2D eigenvalue weighted by molar-refractivity contribution is -0.00658. The maximum atomic E-state index is 11.4. The molecule has 3 rings (SSSR count). The average Bonchev–Trinajstić information content (AvgIpc) is 2.78. The molecule has 0 aliphatic carbocycles. The first-order valence-corrected chi connectivity index (χ1v) is 5.01. The van der Waals surface area contributed by atoms with Gasteiger partial charge in [-0.25, -0.2) is 0 Å². The molecule has 16 heavy (non-hydrogen) atoms. The smallest absolute Gasteiger partial charge is 0.302 e. The molecule has 1 unspecified atom stereocenters. The largest absolute Gasteiger partial charge is 0.453 e.